The zero-order chi connectivity index (χ0) is 17.7. The Hall–Kier alpha value is -2.67. The van der Waals surface area contributed by atoms with Crippen LogP contribution in [0.1, 0.15) is 37.1 Å². The van der Waals surface area contributed by atoms with E-state index in [2.05, 4.69) is 21.0 Å². The lowest BCUT2D eigenvalue weighted by atomic mass is 10.1. The van der Waals surface area contributed by atoms with Gasteiger partial charge in [0.25, 0.3) is 0 Å². The minimum absolute atomic E-state index is 0.129. The fraction of sp³-hybridized carbons (Fsp3) is 0.353. The van der Waals surface area contributed by atoms with Crippen LogP contribution in [0.5, 0.6) is 0 Å². The summed E-state index contributed by atoms with van der Waals surface area (Å²) in [5, 5.41) is 12.8. The van der Waals surface area contributed by atoms with E-state index in [4.69, 9.17) is 0 Å². The summed E-state index contributed by atoms with van der Waals surface area (Å²) in [6.07, 6.45) is 3.48. The molecule has 1 aromatic carbocycles. The third kappa shape index (κ3) is 4.42. The van der Waals surface area contributed by atoms with Gasteiger partial charge in [0.05, 0.1) is 12.2 Å². The van der Waals surface area contributed by atoms with Crippen molar-refractivity contribution in [1.82, 2.24) is 20.4 Å². The predicted molar refractivity (Wildman–Crippen MR) is 92.3 cm³/mol. The number of nitrogens with one attached hydrogen (secondary N) is 3. The third-order valence-electron chi connectivity index (χ3n) is 3.67. The zero-order valence-electron chi connectivity index (χ0n) is 14.3. The van der Waals surface area contributed by atoms with Crippen LogP contribution >= 0.6 is 0 Å². The lowest BCUT2D eigenvalue weighted by Gasteiger charge is -2.20. The Morgan fingerprint density at radius 3 is 2.58 bits per heavy atom. The van der Waals surface area contributed by atoms with Crippen molar-refractivity contribution < 1.29 is 9.59 Å². The van der Waals surface area contributed by atoms with E-state index in [-0.39, 0.29) is 17.9 Å². The van der Waals surface area contributed by atoms with Crippen LogP contribution < -0.4 is 16.0 Å². The molecule has 24 heavy (non-hydrogen) atoms. The van der Waals surface area contributed by atoms with Crippen LogP contribution in [0.2, 0.25) is 0 Å². The maximum absolute atomic E-state index is 12.6. The second-order valence-electron chi connectivity index (χ2n) is 5.71. The Bertz CT molecular complexity index is 725. The molecule has 128 valence electrons. The first kappa shape index (κ1) is 17.7. The van der Waals surface area contributed by atoms with Gasteiger partial charge in [0, 0.05) is 31.4 Å². The number of carbonyl (C=O) groups excluding carboxylic acids is 2. The molecule has 2 atom stereocenters. The normalized spacial score (nSPS) is 13.2. The first-order chi connectivity index (χ1) is 11.4. The quantitative estimate of drug-likeness (QED) is 0.750. The van der Waals surface area contributed by atoms with E-state index in [0.29, 0.717) is 5.69 Å². The average Bonchev–Trinajstić information content (AvgIpc) is 2.93. The van der Waals surface area contributed by atoms with Crippen LogP contribution in [0, 0.1) is 0 Å². The molecule has 1 heterocycles. The largest absolute Gasteiger partial charge is 0.348 e. The van der Waals surface area contributed by atoms with Crippen molar-refractivity contribution in [3.63, 3.8) is 0 Å². The molecule has 7 heteroatoms. The first-order valence-corrected chi connectivity index (χ1v) is 7.74. The Morgan fingerprint density at radius 1 is 1.25 bits per heavy atom. The van der Waals surface area contributed by atoms with Gasteiger partial charge in [-0.1, -0.05) is 12.1 Å². The van der Waals surface area contributed by atoms with Gasteiger partial charge in [-0.3, -0.25) is 14.3 Å². The molecule has 0 aliphatic carbocycles. The van der Waals surface area contributed by atoms with Gasteiger partial charge in [0.15, 0.2) is 0 Å². The number of amides is 2. The van der Waals surface area contributed by atoms with Gasteiger partial charge in [-0.15, -0.1) is 0 Å². The summed E-state index contributed by atoms with van der Waals surface area (Å²) in [5.74, 6) is -0.265. The smallest absolute Gasteiger partial charge is 0.242 e. The minimum Gasteiger partial charge on any atom is -0.348 e. The van der Waals surface area contributed by atoms with Crippen molar-refractivity contribution in [2.75, 3.05) is 12.4 Å². The second kappa shape index (κ2) is 7.74. The molecular formula is C17H23N5O2. The fourth-order valence-electron chi connectivity index (χ4n) is 2.51. The van der Waals surface area contributed by atoms with E-state index in [1.807, 2.05) is 44.4 Å². The third-order valence-corrected chi connectivity index (χ3v) is 3.67. The molecule has 0 radical (unpaired) electrons. The maximum atomic E-state index is 12.6. The predicted octanol–water partition coefficient (Wildman–Crippen LogP) is 1.52. The molecule has 2 amide bonds. The summed E-state index contributed by atoms with van der Waals surface area (Å²) in [5.41, 5.74) is 2.42. The van der Waals surface area contributed by atoms with Crippen molar-refractivity contribution in [1.29, 1.82) is 0 Å². The SMILES string of the molecule is CNC(C(=O)NC(C)c1cccc(NC(C)=O)c1)c1cnn(C)c1. The molecule has 0 aliphatic rings. The van der Waals surface area contributed by atoms with Crippen LogP contribution in [0.4, 0.5) is 5.69 Å². The summed E-state index contributed by atoms with van der Waals surface area (Å²) in [6.45, 7) is 3.37. The van der Waals surface area contributed by atoms with Crippen LogP contribution in [0.3, 0.4) is 0 Å². The molecule has 0 fully saturated rings. The minimum atomic E-state index is -0.473. The molecule has 2 aromatic rings. The standard InChI is InChI=1S/C17H23N5O2/c1-11(13-6-5-7-15(8-13)21-12(2)23)20-17(24)16(18-3)14-9-19-22(4)10-14/h5-11,16,18H,1-4H3,(H,20,24)(H,21,23). The van der Waals surface area contributed by atoms with Crippen LogP contribution in [-0.2, 0) is 16.6 Å². The number of aromatic nitrogens is 2. The van der Waals surface area contributed by atoms with E-state index in [9.17, 15) is 9.59 Å². The molecule has 2 rings (SSSR count). The topological polar surface area (TPSA) is 88.1 Å². The molecule has 0 aliphatic heterocycles. The van der Waals surface area contributed by atoms with Gasteiger partial charge >= 0.3 is 0 Å². The van der Waals surface area contributed by atoms with E-state index in [1.54, 1.807) is 17.9 Å². The average molecular weight is 329 g/mol. The lowest BCUT2D eigenvalue weighted by molar-refractivity contribution is -0.123. The van der Waals surface area contributed by atoms with Crippen molar-refractivity contribution in [3.8, 4) is 0 Å². The van der Waals surface area contributed by atoms with E-state index >= 15 is 0 Å². The van der Waals surface area contributed by atoms with Crippen LogP contribution in [0.15, 0.2) is 36.7 Å². The van der Waals surface area contributed by atoms with Gasteiger partial charge in [-0.25, -0.2) is 0 Å². The van der Waals surface area contributed by atoms with Crippen molar-refractivity contribution in [2.24, 2.45) is 7.05 Å². The summed E-state index contributed by atoms with van der Waals surface area (Å²) >= 11 is 0. The van der Waals surface area contributed by atoms with Gasteiger partial charge < -0.3 is 16.0 Å². The Balaban J connectivity index is 2.09. The maximum Gasteiger partial charge on any atom is 0.242 e. The van der Waals surface area contributed by atoms with Crippen molar-refractivity contribution >= 4 is 17.5 Å². The molecule has 1 aromatic heterocycles. The van der Waals surface area contributed by atoms with E-state index in [1.165, 1.54) is 6.92 Å². The lowest BCUT2D eigenvalue weighted by Crippen LogP contribution is -2.37. The summed E-state index contributed by atoms with van der Waals surface area (Å²) in [7, 11) is 3.55. The highest BCUT2D eigenvalue weighted by molar-refractivity contribution is 5.88. The molecule has 0 saturated carbocycles. The van der Waals surface area contributed by atoms with Gasteiger partial charge in [-0.05, 0) is 31.7 Å². The molecule has 0 spiro atoms. The van der Waals surface area contributed by atoms with Crippen LogP contribution in [-0.4, -0.2) is 28.6 Å². The highest BCUT2D eigenvalue weighted by Gasteiger charge is 2.22. The first-order valence-electron chi connectivity index (χ1n) is 7.74. The molecular weight excluding hydrogens is 306 g/mol. The number of anilines is 1. The monoisotopic (exact) mass is 329 g/mol. The zero-order valence-corrected chi connectivity index (χ0v) is 14.3. The highest BCUT2D eigenvalue weighted by Crippen LogP contribution is 2.19. The second-order valence-corrected chi connectivity index (χ2v) is 5.71. The fourth-order valence-corrected chi connectivity index (χ4v) is 2.51. The number of likely N-dealkylation sites (N-methyl/N-ethyl adjacent to an activating group) is 1. The summed E-state index contributed by atoms with van der Waals surface area (Å²) < 4.78 is 1.66. The van der Waals surface area contributed by atoms with Gasteiger partial charge in [0.1, 0.15) is 6.04 Å². The number of benzene rings is 1. The molecule has 0 saturated heterocycles. The number of hydrogen-bond acceptors (Lipinski definition) is 4. The number of carbonyl (C=O) groups is 2. The van der Waals surface area contributed by atoms with Gasteiger partial charge in [-0.2, -0.15) is 5.10 Å². The van der Waals surface area contributed by atoms with Gasteiger partial charge in [0.2, 0.25) is 11.8 Å². The van der Waals surface area contributed by atoms with Crippen molar-refractivity contribution in [2.45, 2.75) is 25.9 Å². The number of nitrogens with zero attached hydrogens (tertiary/aromatic N) is 2. The molecule has 0 bridgehead atoms. The number of hydrogen-bond donors (Lipinski definition) is 3. The van der Waals surface area contributed by atoms with Crippen LogP contribution in [0.25, 0.3) is 0 Å². The van der Waals surface area contributed by atoms with E-state index < -0.39 is 6.04 Å². The highest BCUT2D eigenvalue weighted by atomic mass is 16.2. The molecule has 3 N–H and O–H groups in total. The number of aryl methyl sites for hydroxylation is 1. The Morgan fingerprint density at radius 2 is 2.00 bits per heavy atom. The van der Waals surface area contributed by atoms with E-state index in [0.717, 1.165) is 11.1 Å². The summed E-state index contributed by atoms with van der Waals surface area (Å²) in [4.78, 5) is 23.7. The summed E-state index contributed by atoms with van der Waals surface area (Å²) in [6, 6.07) is 6.75. The number of rotatable bonds is 6. The van der Waals surface area contributed by atoms with Crippen molar-refractivity contribution in [3.05, 3.63) is 47.8 Å². The Kier molecular flexibility index (Phi) is 5.70. The molecule has 7 nitrogen and oxygen atoms in total. The molecule has 2 unspecified atom stereocenters. The Labute approximate surface area is 141 Å².